The lowest BCUT2D eigenvalue weighted by molar-refractivity contribution is 1.57. The molecule has 0 heteroatoms. The van der Waals surface area contributed by atoms with Crippen molar-refractivity contribution in [2.45, 2.75) is 0 Å². The van der Waals surface area contributed by atoms with Crippen LogP contribution in [0.1, 0.15) is 39.8 Å². The van der Waals surface area contributed by atoms with E-state index in [2.05, 4.69) is 0 Å². The number of benzene rings is 11. The molecular formula is C50H30. The molecule has 0 atom stereocenters. The van der Waals surface area contributed by atoms with Crippen LogP contribution in [0.3, 0.4) is 0 Å². The Morgan fingerprint density at radius 2 is 0.740 bits per heavy atom. The molecule has 0 aromatic heterocycles. The molecule has 11 rings (SSSR count). The Kier molecular flexibility index (Phi) is 2.42. The molecule has 50 heavy (non-hydrogen) atoms. The van der Waals surface area contributed by atoms with Crippen molar-refractivity contribution in [1.82, 2.24) is 0 Å². The summed E-state index contributed by atoms with van der Waals surface area (Å²) in [7, 11) is 0. The molecule has 0 N–H and O–H groups in total. The Labute approximate surface area is 330 Å². The van der Waals surface area contributed by atoms with Gasteiger partial charge in [0.15, 0.2) is 0 Å². The quantitative estimate of drug-likeness (QED) is 0.165. The maximum Gasteiger partial charge on any atom is 0.0636 e. The fourth-order valence-electron chi connectivity index (χ4n) is 6.47. The largest absolute Gasteiger partial charge is 0.0636 e. The summed E-state index contributed by atoms with van der Waals surface area (Å²) in [4.78, 5) is 0. The van der Waals surface area contributed by atoms with Crippen LogP contribution in [-0.2, 0) is 0 Å². The van der Waals surface area contributed by atoms with Crippen LogP contribution in [-0.4, -0.2) is 0 Å². The molecule has 0 unspecified atom stereocenters. The van der Waals surface area contributed by atoms with Crippen LogP contribution in [0.15, 0.2) is 181 Å². The monoisotopic (exact) mass is 659 g/mol. The first-order valence-corrected chi connectivity index (χ1v) is 15.1. The summed E-state index contributed by atoms with van der Waals surface area (Å²) in [6.45, 7) is 0. The third-order valence-corrected chi connectivity index (χ3v) is 8.63. The van der Waals surface area contributed by atoms with E-state index in [-0.39, 0.29) is 26.9 Å². The molecule has 0 spiro atoms. The zero-order valence-corrected chi connectivity index (χ0v) is 25.1. The fraction of sp³-hybridized carbons (Fsp3) is 0. The van der Waals surface area contributed by atoms with Gasteiger partial charge in [0.25, 0.3) is 0 Å². The van der Waals surface area contributed by atoms with E-state index in [9.17, 15) is 17.8 Å². The topological polar surface area (TPSA) is 0 Å². The molecule has 11 aromatic rings. The first kappa shape index (κ1) is 11.5. The van der Waals surface area contributed by atoms with Crippen LogP contribution in [0.5, 0.6) is 0 Å². The third kappa shape index (κ3) is 4.00. The highest BCUT2D eigenvalue weighted by atomic mass is 14.2. The molecule has 0 heterocycles. The predicted octanol–water partition coefficient (Wildman–Crippen LogP) is 14.1. The summed E-state index contributed by atoms with van der Waals surface area (Å²) in [6.07, 6.45) is 0. The number of hydrogen-bond donors (Lipinski definition) is 0. The summed E-state index contributed by atoms with van der Waals surface area (Å²) in [6, 6.07) is -25.4. The lowest BCUT2D eigenvalue weighted by Crippen LogP contribution is -1.92. The second-order valence-electron chi connectivity index (χ2n) is 11.3. The molecular weight excluding hydrogens is 601 g/mol. The van der Waals surface area contributed by atoms with Crippen molar-refractivity contribution in [3.05, 3.63) is 181 Å². The zero-order chi connectivity index (χ0) is 58.0. The fourth-order valence-corrected chi connectivity index (χ4v) is 6.47. The van der Waals surface area contributed by atoms with Gasteiger partial charge in [-0.1, -0.05) is 163 Å². The lowest BCUT2D eigenvalue weighted by Gasteiger charge is -2.18. The van der Waals surface area contributed by atoms with Crippen LogP contribution in [0.25, 0.3) is 109 Å². The van der Waals surface area contributed by atoms with Crippen molar-refractivity contribution in [3.8, 4) is 44.5 Å². The average Bonchev–Trinajstić information content (AvgIpc) is 2.38. The molecule has 0 nitrogen and oxygen atoms in total. The molecule has 0 aliphatic rings. The highest BCUT2D eigenvalue weighted by molar-refractivity contribution is 6.27. The van der Waals surface area contributed by atoms with Gasteiger partial charge in [-0.05, 0) is 127 Å². The van der Waals surface area contributed by atoms with Crippen LogP contribution in [0.2, 0.25) is 0 Å². The van der Waals surface area contributed by atoms with Gasteiger partial charge < -0.3 is 0 Å². The van der Waals surface area contributed by atoms with Crippen LogP contribution in [0, 0.1) is 0 Å². The van der Waals surface area contributed by atoms with Crippen LogP contribution >= 0.6 is 0 Å². The van der Waals surface area contributed by atoms with Crippen molar-refractivity contribution in [2.24, 2.45) is 0 Å². The Bertz CT molecular complexity index is 4700. The van der Waals surface area contributed by atoms with Crippen molar-refractivity contribution in [2.75, 3.05) is 0 Å². The molecule has 0 fully saturated rings. The van der Waals surface area contributed by atoms with E-state index in [4.69, 9.17) is 21.9 Å². The Morgan fingerprint density at radius 3 is 1.46 bits per heavy atom. The van der Waals surface area contributed by atoms with Gasteiger partial charge in [-0.3, -0.25) is 0 Å². The Morgan fingerprint density at radius 1 is 0.260 bits per heavy atom. The molecule has 0 aliphatic carbocycles. The van der Waals surface area contributed by atoms with E-state index in [1.807, 2.05) is 0 Å². The maximum atomic E-state index is 10.2. The molecule has 0 bridgehead atoms. The molecule has 0 amide bonds. The van der Waals surface area contributed by atoms with Gasteiger partial charge in [-0.2, -0.15) is 0 Å². The van der Waals surface area contributed by atoms with Gasteiger partial charge in [-0.25, -0.2) is 0 Å². The predicted molar refractivity (Wildman–Crippen MR) is 216 cm³/mol. The molecule has 230 valence electrons. The first-order valence-electron chi connectivity index (χ1n) is 29.6. The highest BCUT2D eigenvalue weighted by Crippen LogP contribution is 2.45. The summed E-state index contributed by atoms with van der Waals surface area (Å²) < 4.78 is 266. The zero-order valence-electron chi connectivity index (χ0n) is 54.1. The minimum absolute atomic E-state index is 0.200. The van der Waals surface area contributed by atoms with E-state index in [0.717, 1.165) is 6.07 Å². The minimum atomic E-state index is -1.17. The highest BCUT2D eigenvalue weighted by Gasteiger charge is 2.18. The maximum absolute atomic E-state index is 10.2. The molecule has 0 aliphatic heterocycles. The van der Waals surface area contributed by atoms with Gasteiger partial charge in [0, 0.05) is 0 Å². The van der Waals surface area contributed by atoms with Gasteiger partial charge in [-0.15, -0.1) is 0 Å². The van der Waals surface area contributed by atoms with Crippen molar-refractivity contribution in [1.29, 1.82) is 0 Å². The normalized spacial score (nSPS) is 20.1. The minimum Gasteiger partial charge on any atom is -0.0622 e. The summed E-state index contributed by atoms with van der Waals surface area (Å²) in [5.41, 5.74) is -7.29. The van der Waals surface area contributed by atoms with E-state index >= 15 is 0 Å². The smallest absolute Gasteiger partial charge is 0.0622 e. The summed E-state index contributed by atoms with van der Waals surface area (Å²) in [5.74, 6) is 0. The Hall–Kier alpha value is -6.50. The van der Waals surface area contributed by atoms with Gasteiger partial charge >= 0.3 is 0 Å². The van der Waals surface area contributed by atoms with Crippen LogP contribution in [0.4, 0.5) is 0 Å². The van der Waals surface area contributed by atoms with Gasteiger partial charge in [0.1, 0.15) is 0 Å². The van der Waals surface area contributed by atoms with Crippen molar-refractivity contribution >= 4 is 64.6 Å². The van der Waals surface area contributed by atoms with Crippen LogP contribution < -0.4 is 0 Å². The first-order chi connectivity index (χ1) is 36.9. The number of rotatable bonds is 4. The van der Waals surface area contributed by atoms with Crippen molar-refractivity contribution < 1.29 is 39.8 Å². The SMILES string of the molecule is [2H]c1cc2c([2H])c([2H])c3c([2H])c([2H])c(-c4c([2H])c(-c5c([2H])c([2H])c([2H])c([2H])c5[2H])c([2H])c(-c5c([2H])c([2H])c([2H])c([2H])c5-c5c([2H])c([2H])c6c([2H])c([2H])c7c([2H])c([2H])c([2H])c8c([2H])c([2H])c5c6c78)c4[2H])c4c([2H])c([2H])c(c1[2H])c2c34. The summed E-state index contributed by atoms with van der Waals surface area (Å²) >= 11 is 0. The van der Waals surface area contributed by atoms with E-state index in [1.54, 1.807) is 0 Å². The molecule has 0 radical (unpaired) electrons. The average molecular weight is 660 g/mol. The van der Waals surface area contributed by atoms with E-state index < -0.39 is 257 Å². The molecule has 11 aromatic carbocycles. The second kappa shape index (κ2) is 10.5. The van der Waals surface area contributed by atoms with E-state index in [1.165, 1.54) is 0 Å². The van der Waals surface area contributed by atoms with Crippen molar-refractivity contribution in [3.63, 3.8) is 0 Å². The van der Waals surface area contributed by atoms with Gasteiger partial charge in [0.2, 0.25) is 0 Å². The second-order valence-corrected chi connectivity index (χ2v) is 11.3. The third-order valence-electron chi connectivity index (χ3n) is 8.63. The van der Waals surface area contributed by atoms with E-state index in [0.29, 0.717) is 0 Å². The Balaban J connectivity index is 1.44. The summed E-state index contributed by atoms with van der Waals surface area (Å²) in [5, 5.41) is -5.01. The lowest BCUT2D eigenvalue weighted by atomic mass is 9.85. The van der Waals surface area contributed by atoms with Gasteiger partial charge in [0.05, 0.1) is 39.8 Å². The standard InChI is InChI=1S/C50H30/c1-2-8-31(9-3-1)38-28-39(30-40(29-38)42-24-20-36-18-16-32-10-6-12-34-22-26-45(42)49(36)47(32)34)41-14-4-5-15-43(41)44-25-21-37-19-17-33-11-7-13-35-23-27-46(44)50(37)48(33)35/h1-30H/i1D,2D,3D,4D,5D,6D,7D,8D,9D,11D,12D,13D,14D,15D,16D,17D,18D,19D,20D,21D,22D,23D,24D,25D,26D,27D,28D,29D,30D. The number of hydrogen-bond acceptors (Lipinski definition) is 0. The molecule has 0 saturated heterocycles. The molecule has 0 saturated carbocycles.